The van der Waals surface area contributed by atoms with Crippen LogP contribution >= 0.6 is 11.6 Å². The number of amides is 1. The van der Waals surface area contributed by atoms with Gasteiger partial charge in [0.15, 0.2) is 0 Å². The van der Waals surface area contributed by atoms with Crippen molar-refractivity contribution in [1.29, 1.82) is 0 Å². The number of hydrogen-bond donors (Lipinski definition) is 2. The summed E-state index contributed by atoms with van der Waals surface area (Å²) in [6.07, 6.45) is 3.44. The zero-order valence-corrected chi connectivity index (χ0v) is 11.7. The molecule has 104 valence electrons. The fourth-order valence-electron chi connectivity index (χ4n) is 1.69. The molecule has 0 saturated carbocycles. The molecule has 0 aliphatic heterocycles. The molecule has 0 atom stereocenters. The van der Waals surface area contributed by atoms with Crippen molar-refractivity contribution in [3.8, 4) is 0 Å². The zero-order valence-electron chi connectivity index (χ0n) is 11.0. The highest BCUT2D eigenvalue weighted by Gasteiger charge is 2.01. The Bertz CT molecular complexity index is 543. The number of halogens is 1. The van der Waals surface area contributed by atoms with Gasteiger partial charge in [0.1, 0.15) is 0 Å². The minimum Gasteiger partial charge on any atom is -0.351 e. The van der Waals surface area contributed by atoms with Crippen LogP contribution in [0.15, 0.2) is 48.8 Å². The third-order valence-corrected chi connectivity index (χ3v) is 2.99. The maximum Gasteiger partial charge on any atom is 0.234 e. The standard InChI is InChI=1S/C15H16ClN3O/c16-14-5-3-12(4-6-14)8-18-11-15(20)19-10-13-2-1-7-17-9-13/h1-7,9,18H,8,10-11H2,(H,19,20). The van der Waals surface area contributed by atoms with E-state index in [0.717, 1.165) is 11.1 Å². The Labute approximate surface area is 123 Å². The van der Waals surface area contributed by atoms with E-state index >= 15 is 0 Å². The molecule has 1 aromatic carbocycles. The molecule has 5 heteroatoms. The van der Waals surface area contributed by atoms with Crippen molar-refractivity contribution in [2.45, 2.75) is 13.1 Å². The summed E-state index contributed by atoms with van der Waals surface area (Å²) in [7, 11) is 0. The van der Waals surface area contributed by atoms with E-state index in [4.69, 9.17) is 11.6 Å². The highest BCUT2D eigenvalue weighted by atomic mass is 35.5. The second kappa shape index (κ2) is 7.62. The molecule has 2 aromatic rings. The minimum atomic E-state index is -0.0391. The summed E-state index contributed by atoms with van der Waals surface area (Å²) < 4.78 is 0. The van der Waals surface area contributed by atoms with Crippen molar-refractivity contribution in [3.63, 3.8) is 0 Å². The Morgan fingerprint density at radius 1 is 1.10 bits per heavy atom. The molecule has 1 heterocycles. The van der Waals surface area contributed by atoms with Crippen molar-refractivity contribution in [1.82, 2.24) is 15.6 Å². The van der Waals surface area contributed by atoms with Gasteiger partial charge in [-0.25, -0.2) is 0 Å². The molecule has 0 spiro atoms. The van der Waals surface area contributed by atoms with Gasteiger partial charge >= 0.3 is 0 Å². The second-order valence-corrected chi connectivity index (χ2v) is 4.80. The molecule has 0 aliphatic rings. The lowest BCUT2D eigenvalue weighted by Gasteiger charge is -2.07. The molecule has 1 aromatic heterocycles. The van der Waals surface area contributed by atoms with Gasteiger partial charge in [0.2, 0.25) is 5.91 Å². The van der Waals surface area contributed by atoms with E-state index in [-0.39, 0.29) is 12.5 Å². The summed E-state index contributed by atoms with van der Waals surface area (Å²) >= 11 is 5.81. The lowest BCUT2D eigenvalue weighted by Crippen LogP contribution is -2.33. The van der Waals surface area contributed by atoms with E-state index in [1.807, 2.05) is 36.4 Å². The van der Waals surface area contributed by atoms with Gasteiger partial charge in [-0.05, 0) is 29.3 Å². The van der Waals surface area contributed by atoms with Crippen molar-refractivity contribution in [2.24, 2.45) is 0 Å². The number of carbonyl (C=O) groups is 1. The first-order chi connectivity index (χ1) is 9.74. The number of pyridine rings is 1. The third kappa shape index (κ3) is 4.99. The smallest absolute Gasteiger partial charge is 0.234 e. The summed E-state index contributed by atoms with van der Waals surface area (Å²) in [5.74, 6) is -0.0391. The first-order valence-corrected chi connectivity index (χ1v) is 6.72. The highest BCUT2D eigenvalue weighted by molar-refractivity contribution is 6.30. The fraction of sp³-hybridized carbons (Fsp3) is 0.200. The minimum absolute atomic E-state index is 0.0391. The van der Waals surface area contributed by atoms with Crippen LogP contribution < -0.4 is 10.6 Å². The molecule has 0 radical (unpaired) electrons. The van der Waals surface area contributed by atoms with Crippen molar-refractivity contribution < 1.29 is 4.79 Å². The van der Waals surface area contributed by atoms with Gasteiger partial charge in [-0.3, -0.25) is 9.78 Å². The summed E-state index contributed by atoms with van der Waals surface area (Å²) in [4.78, 5) is 15.6. The van der Waals surface area contributed by atoms with Gasteiger partial charge in [-0.15, -0.1) is 0 Å². The molecule has 2 N–H and O–H groups in total. The monoisotopic (exact) mass is 289 g/mol. The van der Waals surface area contributed by atoms with Crippen LogP contribution in [0.4, 0.5) is 0 Å². The molecule has 2 rings (SSSR count). The van der Waals surface area contributed by atoms with E-state index in [1.54, 1.807) is 12.4 Å². The number of rotatable bonds is 6. The Hall–Kier alpha value is -1.91. The summed E-state index contributed by atoms with van der Waals surface area (Å²) in [5, 5.41) is 6.63. The largest absolute Gasteiger partial charge is 0.351 e. The first kappa shape index (κ1) is 14.5. The Morgan fingerprint density at radius 3 is 2.60 bits per heavy atom. The normalized spacial score (nSPS) is 10.2. The van der Waals surface area contributed by atoms with Crippen molar-refractivity contribution >= 4 is 17.5 Å². The number of benzene rings is 1. The van der Waals surface area contributed by atoms with E-state index in [0.29, 0.717) is 18.1 Å². The van der Waals surface area contributed by atoms with Gasteiger partial charge in [-0.1, -0.05) is 29.8 Å². The molecule has 0 unspecified atom stereocenters. The van der Waals surface area contributed by atoms with Crippen LogP contribution in [0.25, 0.3) is 0 Å². The van der Waals surface area contributed by atoms with Gasteiger partial charge in [-0.2, -0.15) is 0 Å². The Kier molecular flexibility index (Phi) is 5.53. The van der Waals surface area contributed by atoms with Crippen LogP contribution in [-0.2, 0) is 17.9 Å². The molecular weight excluding hydrogens is 274 g/mol. The molecule has 0 aliphatic carbocycles. The lowest BCUT2D eigenvalue weighted by molar-refractivity contribution is -0.120. The number of hydrogen-bond acceptors (Lipinski definition) is 3. The van der Waals surface area contributed by atoms with Crippen LogP contribution in [0.1, 0.15) is 11.1 Å². The molecular formula is C15H16ClN3O. The first-order valence-electron chi connectivity index (χ1n) is 6.35. The SMILES string of the molecule is O=C(CNCc1ccc(Cl)cc1)NCc1cccnc1. The van der Waals surface area contributed by atoms with Crippen LogP contribution in [0.2, 0.25) is 5.02 Å². The molecule has 1 amide bonds. The summed E-state index contributed by atoms with van der Waals surface area (Å²) in [5.41, 5.74) is 2.08. The Morgan fingerprint density at radius 2 is 1.90 bits per heavy atom. The third-order valence-electron chi connectivity index (χ3n) is 2.74. The molecule has 0 bridgehead atoms. The van der Waals surface area contributed by atoms with Crippen LogP contribution in [0.5, 0.6) is 0 Å². The maximum absolute atomic E-state index is 11.6. The summed E-state index contributed by atoms with van der Waals surface area (Å²) in [6.45, 7) is 1.41. The predicted octanol–water partition coefficient (Wildman–Crippen LogP) is 2.14. The van der Waals surface area contributed by atoms with E-state index < -0.39 is 0 Å². The predicted molar refractivity (Wildman–Crippen MR) is 79.2 cm³/mol. The van der Waals surface area contributed by atoms with Gasteiger partial charge in [0.05, 0.1) is 6.54 Å². The average Bonchev–Trinajstić information content (AvgIpc) is 2.48. The van der Waals surface area contributed by atoms with E-state index in [1.165, 1.54) is 0 Å². The lowest BCUT2D eigenvalue weighted by atomic mass is 10.2. The van der Waals surface area contributed by atoms with Crippen LogP contribution in [0, 0.1) is 0 Å². The van der Waals surface area contributed by atoms with Gasteiger partial charge < -0.3 is 10.6 Å². The highest BCUT2D eigenvalue weighted by Crippen LogP contribution is 2.08. The number of nitrogens with one attached hydrogen (secondary N) is 2. The van der Waals surface area contributed by atoms with Crippen molar-refractivity contribution in [3.05, 3.63) is 64.9 Å². The average molecular weight is 290 g/mol. The topological polar surface area (TPSA) is 54.0 Å². The molecule has 20 heavy (non-hydrogen) atoms. The second-order valence-electron chi connectivity index (χ2n) is 4.37. The van der Waals surface area contributed by atoms with Crippen molar-refractivity contribution in [2.75, 3.05) is 6.54 Å². The summed E-state index contributed by atoms with van der Waals surface area (Å²) in [6, 6.07) is 11.3. The van der Waals surface area contributed by atoms with Crippen LogP contribution in [-0.4, -0.2) is 17.4 Å². The molecule has 0 fully saturated rings. The number of aromatic nitrogens is 1. The Balaban J connectivity index is 1.66. The van der Waals surface area contributed by atoms with Gasteiger partial charge in [0, 0.05) is 30.5 Å². The van der Waals surface area contributed by atoms with E-state index in [9.17, 15) is 4.79 Å². The fourth-order valence-corrected chi connectivity index (χ4v) is 1.81. The zero-order chi connectivity index (χ0) is 14.2. The molecule has 0 saturated heterocycles. The van der Waals surface area contributed by atoms with Crippen LogP contribution in [0.3, 0.4) is 0 Å². The molecule has 4 nitrogen and oxygen atoms in total. The van der Waals surface area contributed by atoms with E-state index in [2.05, 4.69) is 15.6 Å². The quantitative estimate of drug-likeness (QED) is 0.857. The number of carbonyl (C=O) groups excluding carboxylic acids is 1. The van der Waals surface area contributed by atoms with Gasteiger partial charge in [0.25, 0.3) is 0 Å². The number of nitrogens with zero attached hydrogens (tertiary/aromatic N) is 1. The maximum atomic E-state index is 11.6.